The fourth-order valence-corrected chi connectivity index (χ4v) is 2.98. The van der Waals surface area contributed by atoms with Crippen LogP contribution in [0.15, 0.2) is 24.3 Å². The Hall–Kier alpha value is -2.05. The Morgan fingerprint density at radius 3 is 2.48 bits per heavy atom. The molecule has 23 heavy (non-hydrogen) atoms. The molecule has 2 rings (SSSR count). The van der Waals surface area contributed by atoms with Gasteiger partial charge >= 0.3 is 12.1 Å². The summed E-state index contributed by atoms with van der Waals surface area (Å²) < 4.78 is 39.4. The molecule has 4 nitrogen and oxygen atoms in total. The first-order valence-corrected chi connectivity index (χ1v) is 7.45. The Morgan fingerprint density at radius 2 is 1.91 bits per heavy atom. The Kier molecular flexibility index (Phi) is 5.28. The minimum atomic E-state index is -4.48. The molecule has 0 bridgehead atoms. The third kappa shape index (κ3) is 4.71. The second-order valence-electron chi connectivity index (χ2n) is 5.81. The standard InChI is InChI=1S/C16H18F3NO3/c17-16(18,19)14(11-5-1-2-6-11)20-13(21)9-10-4-3-7-12(8-10)15(22)23/h3-4,7-8,11,14H,1-2,5-6,9H2,(H,20,21)(H,22,23). The van der Waals surface area contributed by atoms with Crippen LogP contribution in [-0.4, -0.2) is 29.2 Å². The van der Waals surface area contributed by atoms with Crippen LogP contribution in [-0.2, 0) is 11.2 Å². The second-order valence-corrected chi connectivity index (χ2v) is 5.81. The number of carboxylic acid groups (broad SMARTS) is 1. The average molecular weight is 329 g/mol. The van der Waals surface area contributed by atoms with Gasteiger partial charge in [0.1, 0.15) is 6.04 Å². The van der Waals surface area contributed by atoms with Gasteiger partial charge in [-0.2, -0.15) is 13.2 Å². The predicted octanol–water partition coefficient (Wildman–Crippen LogP) is 3.16. The number of hydrogen-bond acceptors (Lipinski definition) is 2. The highest BCUT2D eigenvalue weighted by Crippen LogP contribution is 2.35. The van der Waals surface area contributed by atoms with E-state index in [2.05, 4.69) is 5.32 Å². The molecule has 1 aromatic carbocycles. The third-order valence-corrected chi connectivity index (χ3v) is 4.08. The summed E-state index contributed by atoms with van der Waals surface area (Å²) in [5.74, 6) is -2.47. The number of carbonyl (C=O) groups is 2. The minimum absolute atomic E-state index is 0.00142. The normalized spacial score (nSPS) is 17.0. The van der Waals surface area contributed by atoms with E-state index in [1.165, 1.54) is 24.3 Å². The lowest BCUT2D eigenvalue weighted by Gasteiger charge is -2.27. The quantitative estimate of drug-likeness (QED) is 0.872. The van der Waals surface area contributed by atoms with Crippen LogP contribution in [0.4, 0.5) is 13.2 Å². The lowest BCUT2D eigenvalue weighted by Crippen LogP contribution is -2.50. The number of rotatable bonds is 5. The topological polar surface area (TPSA) is 66.4 Å². The molecule has 1 atom stereocenters. The van der Waals surface area contributed by atoms with Gasteiger partial charge in [0.2, 0.25) is 5.91 Å². The Balaban J connectivity index is 2.04. The van der Waals surface area contributed by atoms with Crippen molar-refractivity contribution in [2.75, 3.05) is 0 Å². The van der Waals surface area contributed by atoms with Gasteiger partial charge in [-0.1, -0.05) is 25.0 Å². The van der Waals surface area contributed by atoms with Gasteiger partial charge in [0, 0.05) is 0 Å². The molecule has 7 heteroatoms. The van der Waals surface area contributed by atoms with Gasteiger partial charge < -0.3 is 10.4 Å². The van der Waals surface area contributed by atoms with E-state index >= 15 is 0 Å². The Labute approximate surface area is 131 Å². The van der Waals surface area contributed by atoms with Crippen molar-refractivity contribution in [3.8, 4) is 0 Å². The van der Waals surface area contributed by atoms with Crippen LogP contribution in [0.5, 0.6) is 0 Å². The summed E-state index contributed by atoms with van der Waals surface area (Å²) >= 11 is 0. The van der Waals surface area contributed by atoms with E-state index in [9.17, 15) is 22.8 Å². The summed E-state index contributed by atoms with van der Waals surface area (Å²) in [6, 6.07) is 3.80. The molecule has 0 spiro atoms. The van der Waals surface area contributed by atoms with Gasteiger partial charge in [-0.3, -0.25) is 4.79 Å². The number of amides is 1. The largest absolute Gasteiger partial charge is 0.478 e. The zero-order valence-corrected chi connectivity index (χ0v) is 12.4. The lowest BCUT2D eigenvalue weighted by molar-refractivity contribution is -0.171. The molecule has 0 radical (unpaired) electrons. The van der Waals surface area contributed by atoms with Crippen LogP contribution in [0.2, 0.25) is 0 Å². The van der Waals surface area contributed by atoms with Gasteiger partial charge in [0.15, 0.2) is 0 Å². The Morgan fingerprint density at radius 1 is 1.26 bits per heavy atom. The van der Waals surface area contributed by atoms with E-state index in [4.69, 9.17) is 5.11 Å². The van der Waals surface area contributed by atoms with Crippen molar-refractivity contribution in [1.29, 1.82) is 0 Å². The molecule has 1 saturated carbocycles. The molecule has 1 aliphatic rings. The predicted molar refractivity (Wildman–Crippen MR) is 77.0 cm³/mol. The molecule has 126 valence electrons. The number of benzene rings is 1. The van der Waals surface area contributed by atoms with Crippen LogP contribution < -0.4 is 5.32 Å². The van der Waals surface area contributed by atoms with Crippen LogP contribution in [0.1, 0.15) is 41.6 Å². The first-order chi connectivity index (χ1) is 10.8. The van der Waals surface area contributed by atoms with Gasteiger partial charge in [0.25, 0.3) is 0 Å². The zero-order chi connectivity index (χ0) is 17.0. The van der Waals surface area contributed by atoms with Gasteiger partial charge in [-0.15, -0.1) is 0 Å². The first-order valence-electron chi connectivity index (χ1n) is 7.45. The average Bonchev–Trinajstić information content (AvgIpc) is 2.97. The van der Waals surface area contributed by atoms with Gasteiger partial charge in [0.05, 0.1) is 12.0 Å². The van der Waals surface area contributed by atoms with Crippen molar-refractivity contribution in [3.63, 3.8) is 0 Å². The van der Waals surface area contributed by atoms with E-state index in [1.54, 1.807) is 0 Å². The maximum atomic E-state index is 13.1. The number of alkyl halides is 3. The smallest absolute Gasteiger partial charge is 0.408 e. The van der Waals surface area contributed by atoms with E-state index in [1.807, 2.05) is 0 Å². The number of carbonyl (C=O) groups excluding carboxylic acids is 1. The van der Waals surface area contributed by atoms with Crippen LogP contribution in [0, 0.1) is 5.92 Å². The number of hydrogen-bond donors (Lipinski definition) is 2. The molecule has 0 aromatic heterocycles. The van der Waals surface area contributed by atoms with Crippen molar-refractivity contribution in [2.45, 2.75) is 44.3 Å². The maximum absolute atomic E-state index is 13.1. The van der Waals surface area contributed by atoms with Gasteiger partial charge in [-0.25, -0.2) is 4.79 Å². The summed E-state index contributed by atoms with van der Waals surface area (Å²) in [7, 11) is 0. The van der Waals surface area contributed by atoms with E-state index in [0.717, 1.165) is 12.8 Å². The molecule has 1 amide bonds. The number of aromatic carboxylic acids is 1. The van der Waals surface area contributed by atoms with Crippen molar-refractivity contribution < 1.29 is 27.9 Å². The molecule has 2 N–H and O–H groups in total. The van der Waals surface area contributed by atoms with Crippen LogP contribution >= 0.6 is 0 Å². The van der Waals surface area contributed by atoms with Gasteiger partial charge in [-0.05, 0) is 36.5 Å². The molecular weight excluding hydrogens is 311 g/mol. The fourth-order valence-electron chi connectivity index (χ4n) is 2.98. The van der Waals surface area contributed by atoms with Crippen LogP contribution in [0.3, 0.4) is 0 Å². The molecule has 0 heterocycles. The van der Waals surface area contributed by atoms with Crippen LogP contribution in [0.25, 0.3) is 0 Å². The monoisotopic (exact) mass is 329 g/mol. The first kappa shape index (κ1) is 17.3. The number of halogens is 3. The molecule has 1 aliphatic carbocycles. The molecule has 1 aromatic rings. The van der Waals surface area contributed by atoms with E-state index in [-0.39, 0.29) is 12.0 Å². The van der Waals surface area contributed by atoms with Crippen molar-refractivity contribution in [1.82, 2.24) is 5.32 Å². The summed E-state index contributed by atoms with van der Waals surface area (Å²) in [5.41, 5.74) is 0.369. The molecule has 1 unspecified atom stereocenters. The molecule has 0 aliphatic heterocycles. The summed E-state index contributed by atoms with van der Waals surface area (Å²) in [5, 5.41) is 11.0. The summed E-state index contributed by atoms with van der Waals surface area (Å²) in [6.45, 7) is 0. The highest BCUT2D eigenvalue weighted by atomic mass is 19.4. The minimum Gasteiger partial charge on any atom is -0.478 e. The maximum Gasteiger partial charge on any atom is 0.408 e. The SMILES string of the molecule is O=C(Cc1cccc(C(=O)O)c1)NC(C1CCCC1)C(F)(F)F. The molecule has 0 saturated heterocycles. The number of carboxylic acids is 1. The zero-order valence-electron chi connectivity index (χ0n) is 12.4. The highest BCUT2D eigenvalue weighted by molar-refractivity contribution is 5.88. The van der Waals surface area contributed by atoms with Crippen molar-refractivity contribution in [3.05, 3.63) is 35.4 Å². The van der Waals surface area contributed by atoms with Crippen molar-refractivity contribution >= 4 is 11.9 Å². The highest BCUT2D eigenvalue weighted by Gasteiger charge is 2.46. The van der Waals surface area contributed by atoms with E-state index < -0.39 is 30.0 Å². The van der Waals surface area contributed by atoms with Crippen molar-refractivity contribution in [2.24, 2.45) is 5.92 Å². The summed E-state index contributed by atoms with van der Waals surface area (Å²) in [4.78, 5) is 22.8. The second kappa shape index (κ2) is 7.02. The number of nitrogens with one attached hydrogen (secondary N) is 1. The molecular formula is C16H18F3NO3. The summed E-state index contributed by atoms with van der Waals surface area (Å²) in [6.07, 6.45) is -2.35. The lowest BCUT2D eigenvalue weighted by atomic mass is 9.97. The fraction of sp³-hybridized carbons (Fsp3) is 0.500. The molecule has 1 fully saturated rings. The van der Waals surface area contributed by atoms with E-state index in [0.29, 0.717) is 18.4 Å². The Bertz CT molecular complexity index is 580. The third-order valence-electron chi connectivity index (χ3n) is 4.08.